The summed E-state index contributed by atoms with van der Waals surface area (Å²) in [6.07, 6.45) is 0. The predicted molar refractivity (Wildman–Crippen MR) is 39.3 cm³/mol. The first-order valence-electron chi connectivity index (χ1n) is 3.24. The minimum atomic E-state index is -3.22. The van der Waals surface area contributed by atoms with Gasteiger partial charge in [-0.2, -0.15) is 8.78 Å². The van der Waals surface area contributed by atoms with Crippen molar-refractivity contribution >= 4 is 0 Å². The minimum absolute atomic E-state index is 0.141. The molecule has 0 spiro atoms. The van der Waals surface area contributed by atoms with Gasteiger partial charge in [-0.25, -0.2) is 0 Å². The van der Waals surface area contributed by atoms with E-state index in [0.29, 0.717) is 0 Å². The molecule has 3 heteroatoms. The van der Waals surface area contributed by atoms with Crippen LogP contribution in [0.3, 0.4) is 0 Å². The number of halogens is 2. The van der Waals surface area contributed by atoms with Crippen molar-refractivity contribution < 1.29 is 8.78 Å². The van der Waals surface area contributed by atoms with Crippen molar-refractivity contribution in [3.05, 3.63) is 35.4 Å². The van der Waals surface area contributed by atoms with E-state index in [1.807, 2.05) is 0 Å². The molecule has 0 atom stereocenters. The zero-order chi connectivity index (χ0) is 8.48. The van der Waals surface area contributed by atoms with E-state index in [1.54, 1.807) is 19.1 Å². The molecule has 1 aromatic carbocycles. The fraction of sp³-hybridized carbons (Fsp3) is 0.250. The summed E-state index contributed by atoms with van der Waals surface area (Å²) in [5.41, 5.74) is 5.24. The van der Waals surface area contributed by atoms with Crippen molar-refractivity contribution in [1.29, 1.82) is 0 Å². The molecule has 0 heterocycles. The third kappa shape index (κ3) is 1.98. The van der Waals surface area contributed by atoms with Crippen LogP contribution in [0.1, 0.15) is 11.1 Å². The van der Waals surface area contributed by atoms with Gasteiger partial charge < -0.3 is 0 Å². The SMILES string of the molecule is Cc1cccc(C(N)(F)F)c1. The van der Waals surface area contributed by atoms with Gasteiger partial charge in [0, 0.05) is 5.56 Å². The van der Waals surface area contributed by atoms with Gasteiger partial charge >= 0.3 is 6.05 Å². The average Bonchev–Trinajstić information content (AvgIpc) is 1.86. The lowest BCUT2D eigenvalue weighted by Gasteiger charge is -2.09. The first-order chi connectivity index (χ1) is 5.00. The largest absolute Gasteiger partial charge is 0.326 e. The highest BCUT2D eigenvalue weighted by Crippen LogP contribution is 2.21. The minimum Gasteiger partial charge on any atom is -0.268 e. The van der Waals surface area contributed by atoms with Crippen LogP contribution >= 0.6 is 0 Å². The van der Waals surface area contributed by atoms with Crippen LogP contribution in [0.2, 0.25) is 0 Å². The molecule has 2 N–H and O–H groups in total. The Kier molecular flexibility index (Phi) is 1.91. The highest BCUT2D eigenvalue weighted by atomic mass is 19.3. The molecule has 0 aliphatic rings. The lowest BCUT2D eigenvalue weighted by molar-refractivity contribution is 0.00293. The van der Waals surface area contributed by atoms with Crippen LogP contribution in [-0.4, -0.2) is 0 Å². The Morgan fingerprint density at radius 2 is 2.00 bits per heavy atom. The second-order valence-corrected chi connectivity index (χ2v) is 2.49. The van der Waals surface area contributed by atoms with E-state index in [0.717, 1.165) is 5.56 Å². The summed E-state index contributed by atoms with van der Waals surface area (Å²) in [7, 11) is 0. The van der Waals surface area contributed by atoms with Crippen molar-refractivity contribution in [2.24, 2.45) is 5.73 Å². The van der Waals surface area contributed by atoms with Gasteiger partial charge in [-0.05, 0) is 13.0 Å². The van der Waals surface area contributed by atoms with Crippen LogP contribution in [-0.2, 0) is 6.05 Å². The van der Waals surface area contributed by atoms with E-state index in [4.69, 9.17) is 0 Å². The van der Waals surface area contributed by atoms with Gasteiger partial charge in [-0.15, -0.1) is 0 Å². The number of benzene rings is 1. The molecule has 0 aromatic heterocycles. The van der Waals surface area contributed by atoms with Crippen LogP contribution in [0.15, 0.2) is 24.3 Å². The molecule has 0 aliphatic heterocycles. The Hall–Kier alpha value is -0.960. The van der Waals surface area contributed by atoms with Crippen LogP contribution in [0.4, 0.5) is 8.78 Å². The number of hydrogen-bond acceptors (Lipinski definition) is 1. The molecule has 0 saturated heterocycles. The normalized spacial score (nSPS) is 11.6. The van der Waals surface area contributed by atoms with E-state index in [1.165, 1.54) is 12.1 Å². The molecule has 11 heavy (non-hydrogen) atoms. The second-order valence-electron chi connectivity index (χ2n) is 2.49. The van der Waals surface area contributed by atoms with Crippen molar-refractivity contribution in [2.45, 2.75) is 13.0 Å². The monoisotopic (exact) mass is 157 g/mol. The average molecular weight is 157 g/mol. The highest BCUT2D eigenvalue weighted by Gasteiger charge is 2.24. The maximum atomic E-state index is 12.4. The number of hydrogen-bond donors (Lipinski definition) is 1. The van der Waals surface area contributed by atoms with Crippen molar-refractivity contribution in [3.63, 3.8) is 0 Å². The Morgan fingerprint density at radius 1 is 1.36 bits per heavy atom. The highest BCUT2D eigenvalue weighted by molar-refractivity contribution is 5.24. The van der Waals surface area contributed by atoms with Gasteiger partial charge in [-0.1, -0.05) is 23.8 Å². The number of alkyl halides is 2. The Morgan fingerprint density at radius 3 is 2.36 bits per heavy atom. The van der Waals surface area contributed by atoms with Gasteiger partial charge in [0.2, 0.25) is 0 Å². The van der Waals surface area contributed by atoms with Crippen LogP contribution in [0, 0.1) is 6.92 Å². The second kappa shape index (κ2) is 2.58. The molecular formula is C8H9F2N. The molecule has 0 unspecified atom stereocenters. The summed E-state index contributed by atoms with van der Waals surface area (Å²) >= 11 is 0. The fourth-order valence-electron chi connectivity index (χ4n) is 0.852. The quantitative estimate of drug-likeness (QED) is 0.620. The zero-order valence-corrected chi connectivity index (χ0v) is 6.14. The fourth-order valence-corrected chi connectivity index (χ4v) is 0.852. The Balaban J connectivity index is 3.06. The van der Waals surface area contributed by atoms with Crippen molar-refractivity contribution in [2.75, 3.05) is 0 Å². The summed E-state index contributed by atoms with van der Waals surface area (Å²) in [5, 5.41) is 0. The number of nitrogens with two attached hydrogens (primary N) is 1. The Labute approximate surface area is 63.8 Å². The summed E-state index contributed by atoms with van der Waals surface area (Å²) in [6, 6.07) is 2.78. The first-order valence-corrected chi connectivity index (χ1v) is 3.24. The van der Waals surface area contributed by atoms with Gasteiger partial charge in [0.1, 0.15) is 0 Å². The summed E-state index contributed by atoms with van der Waals surface area (Å²) in [5.74, 6) is 0. The Bertz CT molecular complexity index is 253. The van der Waals surface area contributed by atoms with Crippen molar-refractivity contribution in [3.8, 4) is 0 Å². The van der Waals surface area contributed by atoms with E-state index in [2.05, 4.69) is 5.73 Å². The van der Waals surface area contributed by atoms with Gasteiger partial charge in [-0.3, -0.25) is 5.73 Å². The summed E-state index contributed by atoms with van der Waals surface area (Å²) in [4.78, 5) is 0. The standard InChI is InChI=1S/C8H9F2N/c1-6-3-2-4-7(5-6)8(9,10)11/h2-5H,11H2,1H3. The molecular weight excluding hydrogens is 148 g/mol. The van der Waals surface area contributed by atoms with E-state index in [-0.39, 0.29) is 5.56 Å². The number of rotatable bonds is 1. The van der Waals surface area contributed by atoms with Gasteiger partial charge in [0.25, 0.3) is 0 Å². The summed E-state index contributed by atoms with van der Waals surface area (Å²) < 4.78 is 24.8. The lowest BCUT2D eigenvalue weighted by Crippen LogP contribution is -2.24. The topological polar surface area (TPSA) is 26.0 Å². The van der Waals surface area contributed by atoms with E-state index < -0.39 is 6.05 Å². The third-order valence-electron chi connectivity index (χ3n) is 1.40. The molecule has 0 saturated carbocycles. The molecule has 1 rings (SSSR count). The molecule has 60 valence electrons. The van der Waals surface area contributed by atoms with Crippen molar-refractivity contribution in [1.82, 2.24) is 0 Å². The van der Waals surface area contributed by atoms with Crippen LogP contribution < -0.4 is 5.73 Å². The van der Waals surface area contributed by atoms with E-state index in [9.17, 15) is 8.78 Å². The predicted octanol–water partition coefficient (Wildman–Crippen LogP) is 2.00. The van der Waals surface area contributed by atoms with Crippen LogP contribution in [0.5, 0.6) is 0 Å². The lowest BCUT2D eigenvalue weighted by atomic mass is 10.1. The smallest absolute Gasteiger partial charge is 0.268 e. The summed E-state index contributed by atoms with van der Waals surface area (Å²) in [6.45, 7) is 1.75. The third-order valence-corrected chi connectivity index (χ3v) is 1.40. The molecule has 1 nitrogen and oxygen atoms in total. The molecule has 0 fully saturated rings. The molecule has 1 aromatic rings. The van der Waals surface area contributed by atoms with Gasteiger partial charge in [0.05, 0.1) is 0 Å². The molecule has 0 amide bonds. The number of aryl methyl sites for hydroxylation is 1. The molecule has 0 aliphatic carbocycles. The zero-order valence-electron chi connectivity index (χ0n) is 6.14. The van der Waals surface area contributed by atoms with Crippen LogP contribution in [0.25, 0.3) is 0 Å². The first kappa shape index (κ1) is 8.14. The maximum Gasteiger partial charge on any atom is 0.326 e. The molecule has 0 radical (unpaired) electrons. The molecule has 0 bridgehead atoms. The van der Waals surface area contributed by atoms with Gasteiger partial charge in [0.15, 0.2) is 0 Å². The van der Waals surface area contributed by atoms with E-state index >= 15 is 0 Å². The maximum absolute atomic E-state index is 12.4.